The van der Waals surface area contributed by atoms with Crippen molar-refractivity contribution in [3.63, 3.8) is 0 Å². The largest absolute Gasteiger partial charge is 0.378 e. The van der Waals surface area contributed by atoms with E-state index in [2.05, 4.69) is 23.8 Å². The number of carbonyl (C=O) groups is 1. The highest BCUT2D eigenvalue weighted by Crippen LogP contribution is 2.25. The molecule has 6 heteroatoms. The van der Waals surface area contributed by atoms with Gasteiger partial charge in [0.25, 0.3) is 0 Å². The molecular formula is C24H38ClN3O2. The van der Waals surface area contributed by atoms with Gasteiger partial charge in [-0.15, -0.1) is 6.58 Å². The van der Waals surface area contributed by atoms with Gasteiger partial charge in [-0.2, -0.15) is 0 Å². The van der Waals surface area contributed by atoms with Crippen LogP contribution in [0.3, 0.4) is 0 Å². The van der Waals surface area contributed by atoms with E-state index >= 15 is 0 Å². The van der Waals surface area contributed by atoms with Crippen LogP contribution in [-0.4, -0.2) is 61.8 Å². The van der Waals surface area contributed by atoms with Crippen molar-refractivity contribution in [1.82, 2.24) is 9.80 Å². The fraction of sp³-hybridized carbons (Fsp3) is 0.625. The van der Waals surface area contributed by atoms with E-state index in [0.717, 1.165) is 57.5 Å². The van der Waals surface area contributed by atoms with Gasteiger partial charge in [-0.25, -0.2) is 4.79 Å². The van der Waals surface area contributed by atoms with Crippen molar-refractivity contribution in [2.24, 2.45) is 0 Å². The van der Waals surface area contributed by atoms with Crippen molar-refractivity contribution in [2.45, 2.75) is 63.5 Å². The normalized spacial score (nSPS) is 18.9. The molecule has 1 aliphatic carbocycles. The second-order valence-corrected chi connectivity index (χ2v) is 8.75. The third kappa shape index (κ3) is 9.07. The average molecular weight is 436 g/mol. The molecule has 0 spiro atoms. The maximum Gasteiger partial charge on any atom is 0.321 e. The van der Waals surface area contributed by atoms with Crippen molar-refractivity contribution in [2.75, 3.05) is 39.1 Å². The number of unbranched alkanes of at least 4 members (excludes halogenated alkanes) is 3. The minimum Gasteiger partial charge on any atom is -0.378 e. The predicted octanol–water partition coefficient (Wildman–Crippen LogP) is 5.81. The summed E-state index contributed by atoms with van der Waals surface area (Å²) in [6, 6.07) is 7.39. The smallest absolute Gasteiger partial charge is 0.321 e. The van der Waals surface area contributed by atoms with Gasteiger partial charge in [0.1, 0.15) is 0 Å². The van der Waals surface area contributed by atoms with E-state index in [1.807, 2.05) is 30.2 Å². The predicted molar refractivity (Wildman–Crippen MR) is 126 cm³/mol. The Morgan fingerprint density at radius 3 is 2.47 bits per heavy atom. The number of hydrogen-bond acceptors (Lipinski definition) is 3. The summed E-state index contributed by atoms with van der Waals surface area (Å²) in [5.41, 5.74) is 0.764. The Balaban J connectivity index is 1.55. The molecule has 168 valence electrons. The summed E-state index contributed by atoms with van der Waals surface area (Å²) in [4.78, 5) is 16.6. The van der Waals surface area contributed by atoms with Crippen LogP contribution >= 0.6 is 11.6 Å². The number of likely N-dealkylation sites (N-methyl/N-ethyl adjacent to an activating group) is 1. The highest BCUT2D eigenvalue weighted by atomic mass is 35.5. The van der Waals surface area contributed by atoms with Gasteiger partial charge >= 0.3 is 6.03 Å². The Bertz CT molecular complexity index is 630. The molecule has 0 saturated heterocycles. The lowest BCUT2D eigenvalue weighted by Gasteiger charge is -2.34. The molecule has 0 aromatic heterocycles. The first kappa shape index (κ1) is 24.7. The standard InChI is InChI=1S/C24H38ClN3O2/c1-4-17-27(2)18-7-5-6-8-19-30-23-15-13-22(14-16-23)28(3)24(29)26-21-11-9-20(25)10-12-21/h4,9-12,22-23H,1,5-8,13-19H2,2-3H3,(H,26,29). The number of carbonyl (C=O) groups excluding carboxylic acids is 1. The van der Waals surface area contributed by atoms with Crippen molar-refractivity contribution in [3.8, 4) is 0 Å². The zero-order valence-electron chi connectivity index (χ0n) is 18.6. The van der Waals surface area contributed by atoms with E-state index < -0.39 is 0 Å². The molecule has 0 atom stereocenters. The Labute approximate surface area is 187 Å². The number of amides is 2. The molecule has 0 heterocycles. The molecule has 1 N–H and O–H groups in total. The average Bonchev–Trinajstić information content (AvgIpc) is 2.74. The van der Waals surface area contributed by atoms with Crippen LogP contribution in [0, 0.1) is 0 Å². The highest BCUT2D eigenvalue weighted by Gasteiger charge is 2.26. The number of benzene rings is 1. The van der Waals surface area contributed by atoms with Crippen LogP contribution in [0.25, 0.3) is 0 Å². The molecule has 1 aromatic carbocycles. The van der Waals surface area contributed by atoms with Gasteiger partial charge in [0.05, 0.1) is 6.10 Å². The number of hydrogen-bond donors (Lipinski definition) is 1. The fourth-order valence-corrected chi connectivity index (χ4v) is 4.03. The molecular weight excluding hydrogens is 398 g/mol. The second kappa shape index (κ2) is 13.7. The van der Waals surface area contributed by atoms with Crippen LogP contribution in [0.2, 0.25) is 5.02 Å². The van der Waals surface area contributed by atoms with Gasteiger partial charge in [-0.05, 0) is 76.4 Å². The van der Waals surface area contributed by atoms with Crippen molar-refractivity contribution >= 4 is 23.3 Å². The number of rotatable bonds is 12. The van der Waals surface area contributed by atoms with Gasteiger partial charge in [-0.3, -0.25) is 0 Å². The molecule has 1 aromatic rings. The Hall–Kier alpha value is -1.56. The minimum absolute atomic E-state index is 0.0690. The summed E-state index contributed by atoms with van der Waals surface area (Å²) >= 11 is 5.90. The van der Waals surface area contributed by atoms with Crippen molar-refractivity contribution in [1.29, 1.82) is 0 Å². The first-order chi connectivity index (χ1) is 14.5. The van der Waals surface area contributed by atoms with Crippen LogP contribution < -0.4 is 5.32 Å². The topological polar surface area (TPSA) is 44.8 Å². The SMILES string of the molecule is C=CCN(C)CCCCCCOC1CCC(N(C)C(=O)Nc2ccc(Cl)cc2)CC1. The monoisotopic (exact) mass is 435 g/mol. The highest BCUT2D eigenvalue weighted by molar-refractivity contribution is 6.30. The van der Waals surface area contributed by atoms with Crippen LogP contribution in [0.15, 0.2) is 36.9 Å². The summed E-state index contributed by atoms with van der Waals surface area (Å²) in [7, 11) is 4.02. The molecule has 30 heavy (non-hydrogen) atoms. The lowest BCUT2D eigenvalue weighted by atomic mass is 9.92. The first-order valence-corrected chi connectivity index (χ1v) is 11.6. The molecule has 1 fully saturated rings. The number of ether oxygens (including phenoxy) is 1. The van der Waals surface area contributed by atoms with Crippen molar-refractivity contribution in [3.05, 3.63) is 41.9 Å². The van der Waals surface area contributed by atoms with Gasteiger partial charge in [0.2, 0.25) is 0 Å². The third-order valence-corrected chi connectivity index (χ3v) is 6.09. The fourth-order valence-electron chi connectivity index (χ4n) is 3.91. The van der Waals surface area contributed by atoms with E-state index in [4.69, 9.17) is 16.3 Å². The van der Waals surface area contributed by atoms with E-state index in [9.17, 15) is 4.79 Å². The lowest BCUT2D eigenvalue weighted by molar-refractivity contribution is 0.0130. The molecule has 2 rings (SSSR count). The maximum atomic E-state index is 12.5. The minimum atomic E-state index is -0.0690. The van der Waals surface area contributed by atoms with Gasteiger partial charge in [0.15, 0.2) is 0 Å². The summed E-state index contributed by atoms with van der Waals surface area (Å²) in [6.07, 6.45) is 11.2. The number of nitrogens with zero attached hydrogens (tertiary/aromatic N) is 2. The lowest BCUT2D eigenvalue weighted by Crippen LogP contribution is -2.42. The molecule has 2 amide bonds. The first-order valence-electron chi connectivity index (χ1n) is 11.2. The van der Waals surface area contributed by atoms with Crippen molar-refractivity contribution < 1.29 is 9.53 Å². The molecule has 1 aliphatic rings. The molecule has 0 aliphatic heterocycles. The molecule has 1 saturated carbocycles. The van der Waals surface area contributed by atoms with E-state index in [0.29, 0.717) is 11.1 Å². The Morgan fingerprint density at radius 2 is 1.80 bits per heavy atom. The number of nitrogens with one attached hydrogen (secondary N) is 1. The Kier molecular flexibility index (Phi) is 11.3. The molecule has 5 nitrogen and oxygen atoms in total. The zero-order chi connectivity index (χ0) is 21.8. The molecule has 0 unspecified atom stereocenters. The number of urea groups is 1. The van der Waals surface area contributed by atoms with Crippen LogP contribution in [0.4, 0.5) is 10.5 Å². The second-order valence-electron chi connectivity index (χ2n) is 8.31. The number of anilines is 1. The van der Waals surface area contributed by atoms with Gasteiger partial charge in [-0.1, -0.05) is 30.5 Å². The molecule has 0 radical (unpaired) electrons. The third-order valence-electron chi connectivity index (χ3n) is 5.84. The Morgan fingerprint density at radius 1 is 1.13 bits per heavy atom. The summed E-state index contributed by atoms with van der Waals surface area (Å²) in [5.74, 6) is 0. The van der Waals surface area contributed by atoms with Crippen LogP contribution in [0.5, 0.6) is 0 Å². The summed E-state index contributed by atoms with van der Waals surface area (Å²) < 4.78 is 6.09. The van der Waals surface area contributed by atoms with E-state index in [1.54, 1.807) is 12.1 Å². The van der Waals surface area contributed by atoms with Gasteiger partial charge < -0.3 is 19.9 Å². The molecule has 0 bridgehead atoms. The van der Waals surface area contributed by atoms with E-state index in [1.165, 1.54) is 19.3 Å². The van der Waals surface area contributed by atoms with E-state index in [-0.39, 0.29) is 12.1 Å². The van der Waals surface area contributed by atoms with Gasteiger partial charge in [0, 0.05) is 37.0 Å². The van der Waals surface area contributed by atoms with Crippen LogP contribution in [-0.2, 0) is 4.74 Å². The summed E-state index contributed by atoms with van der Waals surface area (Å²) in [6.45, 7) is 6.72. The van der Waals surface area contributed by atoms with Crippen LogP contribution in [0.1, 0.15) is 51.4 Å². The quantitative estimate of drug-likeness (QED) is 0.333. The maximum absolute atomic E-state index is 12.5. The number of halogens is 1. The zero-order valence-corrected chi connectivity index (χ0v) is 19.4. The summed E-state index contributed by atoms with van der Waals surface area (Å²) in [5, 5.41) is 3.60.